The molecule has 6 aromatic rings. The van der Waals surface area contributed by atoms with E-state index in [0.717, 1.165) is 26.0 Å². The highest BCUT2D eigenvalue weighted by atomic mass is 79.9. The van der Waals surface area contributed by atoms with Gasteiger partial charge in [-0.3, -0.25) is 0 Å². The summed E-state index contributed by atoms with van der Waals surface area (Å²) < 4.78 is 14.3. The molecule has 0 atom stereocenters. The van der Waals surface area contributed by atoms with Gasteiger partial charge in [-0.25, -0.2) is 9.97 Å². The summed E-state index contributed by atoms with van der Waals surface area (Å²) in [6, 6.07) is 9.89. The molecule has 4 aromatic heterocycles. The predicted octanol–water partition coefficient (Wildman–Crippen LogP) is 4.23. The van der Waals surface area contributed by atoms with Crippen molar-refractivity contribution < 1.29 is 18.9 Å². The van der Waals surface area contributed by atoms with Crippen LogP contribution in [0.2, 0.25) is 0 Å². The lowest BCUT2D eigenvalue weighted by molar-refractivity contribution is -0.577. The number of hydrogen-bond acceptors (Lipinski definition) is 8. The van der Waals surface area contributed by atoms with Crippen LogP contribution in [0.1, 0.15) is 12.6 Å². The van der Waals surface area contributed by atoms with Crippen molar-refractivity contribution in [1.29, 1.82) is 0 Å². The van der Waals surface area contributed by atoms with Crippen LogP contribution in [0.15, 0.2) is 65.7 Å². The fourth-order valence-electron chi connectivity index (χ4n) is 3.86. The van der Waals surface area contributed by atoms with E-state index < -0.39 is 0 Å². The zero-order valence-corrected chi connectivity index (χ0v) is 20.3. The third kappa shape index (κ3) is 3.77. The number of ether oxygens (including phenoxy) is 2. The number of H-pyrrole nitrogens is 1. The Labute approximate surface area is 211 Å². The number of aryl methyl sites for hydroxylation is 1. The van der Waals surface area contributed by atoms with Gasteiger partial charge in [-0.15, -0.1) is 0 Å². The van der Waals surface area contributed by atoms with Crippen LogP contribution in [-0.4, -0.2) is 24.9 Å². The van der Waals surface area contributed by atoms with Gasteiger partial charge in [0.05, 0.1) is 22.3 Å². The molecule has 0 bridgehead atoms. The summed E-state index contributed by atoms with van der Waals surface area (Å²) in [4.78, 5) is 20.8. The van der Waals surface area contributed by atoms with Crippen LogP contribution in [0.3, 0.4) is 0 Å². The zero-order valence-electron chi connectivity index (χ0n) is 18.7. The van der Waals surface area contributed by atoms with E-state index in [1.807, 2.05) is 6.92 Å². The van der Waals surface area contributed by atoms with Gasteiger partial charge in [0.2, 0.25) is 16.9 Å². The van der Waals surface area contributed by atoms with Crippen LogP contribution in [0.5, 0.6) is 23.4 Å². The normalized spacial score (nSPS) is 11.4. The van der Waals surface area contributed by atoms with Gasteiger partial charge in [0.1, 0.15) is 28.2 Å². The summed E-state index contributed by atoms with van der Waals surface area (Å²) in [6.45, 7) is 2.01. The van der Waals surface area contributed by atoms with Crippen molar-refractivity contribution in [2.45, 2.75) is 13.3 Å². The summed E-state index contributed by atoms with van der Waals surface area (Å²) in [5, 5.41) is 24.6. The number of benzene rings is 2. The van der Waals surface area contributed by atoms with Crippen molar-refractivity contribution in [1.82, 2.24) is 24.9 Å². The topological polar surface area (TPSA) is 140 Å². The van der Waals surface area contributed by atoms with Crippen LogP contribution in [0, 0.1) is 10.4 Å². The number of halogens is 1. The number of nitrogens with one attached hydrogen (secondary N) is 1. The lowest BCUT2D eigenvalue weighted by Gasteiger charge is -2.10. The van der Waals surface area contributed by atoms with E-state index in [2.05, 4.69) is 40.8 Å². The number of rotatable bonds is 5. The van der Waals surface area contributed by atoms with Crippen molar-refractivity contribution >= 4 is 49.0 Å². The fraction of sp³-hybridized carbons (Fsp3) is 0.0833. The third-order valence-electron chi connectivity index (χ3n) is 5.59. The minimum atomic E-state index is 0.0375. The molecule has 0 aliphatic heterocycles. The molecule has 0 saturated heterocycles. The highest BCUT2D eigenvalue weighted by molar-refractivity contribution is 9.10. The van der Waals surface area contributed by atoms with Gasteiger partial charge in [0, 0.05) is 30.0 Å². The third-order valence-corrected chi connectivity index (χ3v) is 6.46. The second-order valence-electron chi connectivity index (χ2n) is 7.82. The maximum atomic E-state index is 12.0. The van der Waals surface area contributed by atoms with E-state index in [4.69, 9.17) is 9.47 Å². The molecule has 0 spiro atoms. The Morgan fingerprint density at radius 2 is 1.50 bits per heavy atom. The summed E-state index contributed by atoms with van der Waals surface area (Å²) in [6.07, 6.45) is 6.24. The van der Waals surface area contributed by atoms with E-state index in [9.17, 15) is 10.4 Å². The Balaban J connectivity index is 1.43. The van der Waals surface area contributed by atoms with E-state index in [1.165, 1.54) is 24.8 Å². The molecule has 11 nitrogen and oxygen atoms in total. The van der Waals surface area contributed by atoms with Gasteiger partial charge in [-0.2, -0.15) is 19.4 Å². The van der Waals surface area contributed by atoms with Gasteiger partial charge in [-0.1, -0.05) is 6.92 Å². The molecule has 0 fully saturated rings. The quantitative estimate of drug-likeness (QED) is 0.250. The predicted molar refractivity (Wildman–Crippen MR) is 133 cm³/mol. The van der Waals surface area contributed by atoms with Crippen molar-refractivity contribution in [2.75, 3.05) is 0 Å². The van der Waals surface area contributed by atoms with E-state index >= 15 is 0 Å². The highest BCUT2D eigenvalue weighted by Crippen LogP contribution is 2.37. The Morgan fingerprint density at radius 3 is 2.11 bits per heavy atom. The Bertz CT molecular complexity index is 1790. The molecule has 6 rings (SSSR count). The van der Waals surface area contributed by atoms with Crippen molar-refractivity contribution in [3.63, 3.8) is 0 Å². The molecule has 0 unspecified atom stereocenters. The van der Waals surface area contributed by atoms with Crippen LogP contribution in [0.25, 0.3) is 33.1 Å². The lowest BCUT2D eigenvalue weighted by atomic mass is 10.3. The average molecular weight is 546 g/mol. The molecule has 2 aromatic carbocycles. The zero-order chi connectivity index (χ0) is 24.8. The van der Waals surface area contributed by atoms with Gasteiger partial charge in [-0.05, 0) is 34.5 Å². The monoisotopic (exact) mass is 545 g/mol. The molecular formula is C24H16BrN7O4. The number of aromatic nitrogens is 7. The van der Waals surface area contributed by atoms with E-state index in [-0.39, 0.29) is 11.9 Å². The number of fused-ring (bicyclic) bond motifs is 3. The summed E-state index contributed by atoms with van der Waals surface area (Å²) >= 11 is 3.62. The molecule has 12 heteroatoms. The first kappa shape index (κ1) is 21.9. The molecule has 0 amide bonds. The smallest absolute Gasteiger partial charge is 0.327 e. The minimum Gasteiger partial charge on any atom is -0.618 e. The lowest BCUT2D eigenvalue weighted by Crippen LogP contribution is -2.26. The molecule has 0 radical (unpaired) electrons. The van der Waals surface area contributed by atoms with Gasteiger partial charge in [0.15, 0.2) is 12.4 Å². The fourth-order valence-corrected chi connectivity index (χ4v) is 4.60. The largest absolute Gasteiger partial charge is 0.618 e. The highest BCUT2D eigenvalue weighted by Gasteiger charge is 2.20. The molecule has 1 N–H and O–H groups in total. The standard InChI is InChI=1S/C24H16BrN7O4/c1-2-15-21(25)20-22(28-15)29-24(36-14-4-6-19-17(12-14)27-8-10-32(19)34)30-23(20)35-13-3-5-18-16(11-13)26-7-9-31(18)33/h3-12H,2H2,1H3,(H,28,29,30). The Hall–Kier alpha value is -4.58. The van der Waals surface area contributed by atoms with Crippen LogP contribution in [-0.2, 0) is 6.42 Å². The first-order valence-electron chi connectivity index (χ1n) is 10.9. The second-order valence-corrected chi connectivity index (χ2v) is 8.61. The molecule has 178 valence electrons. The number of hydrogen-bond donors (Lipinski definition) is 1. The van der Waals surface area contributed by atoms with Crippen molar-refractivity contribution in [3.05, 3.63) is 81.8 Å². The maximum absolute atomic E-state index is 12.0. The Kier molecular flexibility index (Phi) is 5.22. The maximum Gasteiger partial charge on any atom is 0.327 e. The SMILES string of the molecule is CCc1[nH]c2nc(Oc3ccc4c(c3)ncc[n+]4[O-])nc(Oc3ccc4c(c3)ncc[n+]4[O-])c2c1Br. The van der Waals surface area contributed by atoms with Gasteiger partial charge >= 0.3 is 6.01 Å². The second kappa shape index (κ2) is 8.57. The Morgan fingerprint density at radius 1 is 0.889 bits per heavy atom. The minimum absolute atomic E-state index is 0.0375. The van der Waals surface area contributed by atoms with Crippen LogP contribution in [0.4, 0.5) is 0 Å². The van der Waals surface area contributed by atoms with E-state index in [0.29, 0.717) is 44.6 Å². The molecular weight excluding hydrogens is 530 g/mol. The molecule has 4 heterocycles. The molecule has 0 saturated carbocycles. The van der Waals surface area contributed by atoms with Crippen molar-refractivity contribution in [2.24, 2.45) is 0 Å². The number of nitrogens with zero attached hydrogens (tertiary/aromatic N) is 6. The molecule has 36 heavy (non-hydrogen) atoms. The average Bonchev–Trinajstić information content (AvgIpc) is 3.20. The number of aromatic amines is 1. The molecule has 0 aliphatic carbocycles. The summed E-state index contributed by atoms with van der Waals surface area (Å²) in [5.74, 6) is 1.09. The van der Waals surface area contributed by atoms with Crippen LogP contribution >= 0.6 is 15.9 Å². The van der Waals surface area contributed by atoms with Gasteiger partial charge < -0.3 is 24.9 Å². The first-order chi connectivity index (χ1) is 17.5. The van der Waals surface area contributed by atoms with Gasteiger partial charge in [0.25, 0.3) is 0 Å². The van der Waals surface area contributed by atoms with Crippen LogP contribution < -0.4 is 18.9 Å². The summed E-state index contributed by atoms with van der Waals surface area (Å²) in [5.41, 5.74) is 3.22. The summed E-state index contributed by atoms with van der Waals surface area (Å²) in [7, 11) is 0. The van der Waals surface area contributed by atoms with E-state index in [1.54, 1.807) is 36.4 Å². The first-order valence-corrected chi connectivity index (χ1v) is 11.7. The molecule has 0 aliphatic rings. The van der Waals surface area contributed by atoms with Crippen molar-refractivity contribution in [3.8, 4) is 23.4 Å².